The summed E-state index contributed by atoms with van der Waals surface area (Å²) >= 11 is 3.46. The Labute approximate surface area is 229 Å². The fourth-order valence-electron chi connectivity index (χ4n) is 3.77. The number of aryl methyl sites for hydroxylation is 1. The average Bonchev–Trinajstić information content (AvgIpc) is 2.88. The van der Waals surface area contributed by atoms with Gasteiger partial charge < -0.3 is 14.2 Å². The third-order valence-electron chi connectivity index (χ3n) is 5.64. The molecule has 1 aliphatic heterocycles. The number of barbiturate groups is 1. The molecule has 196 valence electrons. The van der Waals surface area contributed by atoms with Crippen LogP contribution in [0.2, 0.25) is 0 Å². The molecule has 3 aromatic carbocycles. The third-order valence-corrected chi connectivity index (χ3v) is 6.23. The standard InChI is InChI=1S/C29H27BrN2O6/c1-17(2)38-26-24(30)14-20(15-25(26)36-4)13-23-27(33)31-29(35)32(28(23)34)21-9-11-22(12-10-21)37-16-19-7-5-18(3)6-8-19/h5-15,17H,16H2,1-4H3,(H,31,33,35)/b23-13+. The second-order valence-electron chi connectivity index (χ2n) is 8.93. The maximum atomic E-state index is 13.3. The first kappa shape index (κ1) is 26.9. The molecular formula is C29H27BrN2O6. The van der Waals surface area contributed by atoms with Crippen LogP contribution in [0.4, 0.5) is 10.5 Å². The van der Waals surface area contributed by atoms with E-state index in [1.165, 1.54) is 18.7 Å². The largest absolute Gasteiger partial charge is 0.493 e. The van der Waals surface area contributed by atoms with Gasteiger partial charge in [0, 0.05) is 0 Å². The Morgan fingerprint density at radius 2 is 1.68 bits per heavy atom. The zero-order valence-electron chi connectivity index (χ0n) is 21.4. The SMILES string of the molecule is COc1cc(/C=C2\C(=O)NC(=O)N(c3ccc(OCc4ccc(C)cc4)cc3)C2=O)cc(Br)c1OC(C)C. The molecule has 38 heavy (non-hydrogen) atoms. The van der Waals surface area contributed by atoms with Crippen molar-refractivity contribution in [3.8, 4) is 17.2 Å². The Balaban J connectivity index is 1.56. The smallest absolute Gasteiger partial charge is 0.335 e. The molecule has 0 spiro atoms. The molecule has 0 saturated carbocycles. The van der Waals surface area contributed by atoms with Gasteiger partial charge in [-0.15, -0.1) is 0 Å². The van der Waals surface area contributed by atoms with Crippen molar-refractivity contribution in [1.29, 1.82) is 0 Å². The maximum absolute atomic E-state index is 13.3. The van der Waals surface area contributed by atoms with Crippen LogP contribution in [0.3, 0.4) is 0 Å². The van der Waals surface area contributed by atoms with E-state index >= 15 is 0 Å². The number of amides is 4. The highest BCUT2D eigenvalue weighted by atomic mass is 79.9. The summed E-state index contributed by atoms with van der Waals surface area (Å²) < 4.78 is 17.6. The van der Waals surface area contributed by atoms with E-state index < -0.39 is 17.8 Å². The van der Waals surface area contributed by atoms with Gasteiger partial charge >= 0.3 is 6.03 Å². The van der Waals surface area contributed by atoms with Crippen molar-refractivity contribution in [3.05, 3.63) is 87.4 Å². The molecule has 4 amide bonds. The molecule has 0 unspecified atom stereocenters. The van der Waals surface area contributed by atoms with Crippen LogP contribution in [-0.4, -0.2) is 31.1 Å². The molecule has 8 nitrogen and oxygen atoms in total. The molecule has 0 aromatic heterocycles. The predicted molar refractivity (Wildman–Crippen MR) is 147 cm³/mol. The van der Waals surface area contributed by atoms with Gasteiger partial charge in [-0.25, -0.2) is 9.69 Å². The van der Waals surface area contributed by atoms with Gasteiger partial charge in [0.05, 0.1) is 23.4 Å². The highest BCUT2D eigenvalue weighted by molar-refractivity contribution is 9.10. The summed E-state index contributed by atoms with van der Waals surface area (Å²) in [5, 5.41) is 2.24. The highest BCUT2D eigenvalue weighted by Gasteiger charge is 2.37. The number of ether oxygens (including phenoxy) is 3. The zero-order valence-corrected chi connectivity index (χ0v) is 23.0. The molecule has 0 bridgehead atoms. The molecule has 1 heterocycles. The number of nitrogens with one attached hydrogen (secondary N) is 1. The van der Waals surface area contributed by atoms with Crippen molar-refractivity contribution in [1.82, 2.24) is 5.32 Å². The Morgan fingerprint density at radius 3 is 2.32 bits per heavy atom. The van der Waals surface area contributed by atoms with Crippen molar-refractivity contribution in [2.75, 3.05) is 12.0 Å². The summed E-state index contributed by atoms with van der Waals surface area (Å²) in [7, 11) is 1.50. The molecule has 1 saturated heterocycles. The van der Waals surface area contributed by atoms with Gasteiger partial charge in [0.1, 0.15) is 17.9 Å². The number of anilines is 1. The fourth-order valence-corrected chi connectivity index (χ4v) is 4.33. The Bertz CT molecular complexity index is 1400. The molecule has 4 rings (SSSR count). The number of carbonyl (C=O) groups excluding carboxylic acids is 3. The number of methoxy groups -OCH3 is 1. The van der Waals surface area contributed by atoms with Crippen LogP contribution in [-0.2, 0) is 16.2 Å². The lowest BCUT2D eigenvalue weighted by molar-refractivity contribution is -0.122. The predicted octanol–water partition coefficient (Wildman–Crippen LogP) is 5.80. The Kier molecular flexibility index (Phi) is 8.16. The van der Waals surface area contributed by atoms with Gasteiger partial charge in [0.15, 0.2) is 11.5 Å². The number of rotatable bonds is 8. The number of halogens is 1. The van der Waals surface area contributed by atoms with E-state index in [1.807, 2.05) is 45.0 Å². The number of imide groups is 2. The van der Waals surface area contributed by atoms with Crippen LogP contribution < -0.4 is 24.4 Å². The van der Waals surface area contributed by atoms with Crippen LogP contribution in [0.5, 0.6) is 17.2 Å². The minimum Gasteiger partial charge on any atom is -0.493 e. The van der Waals surface area contributed by atoms with Crippen molar-refractivity contribution in [3.63, 3.8) is 0 Å². The molecule has 3 aromatic rings. The van der Waals surface area contributed by atoms with Crippen LogP contribution in [0.25, 0.3) is 6.08 Å². The molecular weight excluding hydrogens is 552 g/mol. The molecule has 0 radical (unpaired) electrons. The highest BCUT2D eigenvalue weighted by Crippen LogP contribution is 2.38. The van der Waals surface area contributed by atoms with Crippen molar-refractivity contribution >= 4 is 45.5 Å². The monoisotopic (exact) mass is 578 g/mol. The quantitative estimate of drug-likeness (QED) is 0.268. The van der Waals surface area contributed by atoms with Gasteiger partial charge in [0.25, 0.3) is 11.8 Å². The number of urea groups is 1. The van der Waals surface area contributed by atoms with Gasteiger partial charge in [-0.3, -0.25) is 14.9 Å². The van der Waals surface area contributed by atoms with E-state index in [2.05, 4.69) is 21.2 Å². The number of hydrogen-bond donors (Lipinski definition) is 1. The van der Waals surface area contributed by atoms with E-state index in [0.29, 0.717) is 39.6 Å². The molecule has 1 aliphatic rings. The molecule has 0 atom stereocenters. The van der Waals surface area contributed by atoms with E-state index in [9.17, 15) is 14.4 Å². The minimum atomic E-state index is -0.829. The number of benzene rings is 3. The lowest BCUT2D eigenvalue weighted by Gasteiger charge is -2.26. The average molecular weight is 579 g/mol. The third kappa shape index (κ3) is 6.06. The van der Waals surface area contributed by atoms with E-state index in [0.717, 1.165) is 10.5 Å². The lowest BCUT2D eigenvalue weighted by atomic mass is 10.1. The van der Waals surface area contributed by atoms with Crippen molar-refractivity contribution in [2.45, 2.75) is 33.5 Å². The van der Waals surface area contributed by atoms with Gasteiger partial charge in [0.2, 0.25) is 0 Å². The maximum Gasteiger partial charge on any atom is 0.335 e. The molecule has 9 heteroatoms. The van der Waals surface area contributed by atoms with Crippen LogP contribution in [0.15, 0.2) is 70.7 Å². The molecule has 1 N–H and O–H groups in total. The second kappa shape index (κ2) is 11.5. The first-order valence-electron chi connectivity index (χ1n) is 11.9. The second-order valence-corrected chi connectivity index (χ2v) is 9.78. The van der Waals surface area contributed by atoms with E-state index in [4.69, 9.17) is 14.2 Å². The minimum absolute atomic E-state index is 0.0888. The van der Waals surface area contributed by atoms with Gasteiger partial charge in [-0.05, 0) is 90.3 Å². The lowest BCUT2D eigenvalue weighted by Crippen LogP contribution is -2.54. The number of hydrogen-bond acceptors (Lipinski definition) is 6. The van der Waals surface area contributed by atoms with E-state index in [1.54, 1.807) is 36.4 Å². The normalized spacial score (nSPS) is 14.6. The Morgan fingerprint density at radius 1 is 1.00 bits per heavy atom. The van der Waals surface area contributed by atoms with Gasteiger partial charge in [-0.1, -0.05) is 29.8 Å². The zero-order chi connectivity index (χ0) is 27.4. The first-order chi connectivity index (χ1) is 18.2. The summed E-state index contributed by atoms with van der Waals surface area (Å²) in [6.07, 6.45) is 1.32. The summed E-state index contributed by atoms with van der Waals surface area (Å²) in [4.78, 5) is 39.4. The Hall–Kier alpha value is -4.11. The van der Waals surface area contributed by atoms with Crippen molar-refractivity contribution < 1.29 is 28.6 Å². The summed E-state index contributed by atoms with van der Waals surface area (Å²) in [6, 6.07) is 17.0. The molecule has 1 fully saturated rings. The number of carbonyl (C=O) groups is 3. The van der Waals surface area contributed by atoms with Gasteiger partial charge in [-0.2, -0.15) is 0 Å². The summed E-state index contributed by atoms with van der Waals surface area (Å²) in [5.41, 5.74) is 2.80. The topological polar surface area (TPSA) is 94.2 Å². The van der Waals surface area contributed by atoms with Crippen LogP contribution >= 0.6 is 15.9 Å². The number of nitrogens with zero attached hydrogens (tertiary/aromatic N) is 1. The summed E-state index contributed by atoms with van der Waals surface area (Å²) in [5.74, 6) is -0.0217. The fraction of sp³-hybridized carbons (Fsp3) is 0.207. The van der Waals surface area contributed by atoms with E-state index in [-0.39, 0.29) is 11.7 Å². The molecule has 0 aliphatic carbocycles. The summed E-state index contributed by atoms with van der Waals surface area (Å²) in [6.45, 7) is 6.18. The van der Waals surface area contributed by atoms with Crippen LogP contribution in [0, 0.1) is 6.92 Å². The first-order valence-corrected chi connectivity index (χ1v) is 12.7. The van der Waals surface area contributed by atoms with Crippen molar-refractivity contribution in [2.24, 2.45) is 0 Å². The van der Waals surface area contributed by atoms with Crippen LogP contribution in [0.1, 0.15) is 30.5 Å².